The fourth-order valence-electron chi connectivity index (χ4n) is 1.71. The number of thiophene rings is 1. The minimum atomic E-state index is -0.132. The summed E-state index contributed by atoms with van der Waals surface area (Å²) in [6.07, 6.45) is 2.66. The summed E-state index contributed by atoms with van der Waals surface area (Å²) in [5.41, 5.74) is 0.549. The number of nitrogens with zero attached hydrogens (tertiary/aromatic N) is 1. The van der Waals surface area contributed by atoms with Crippen molar-refractivity contribution in [2.24, 2.45) is 0 Å². The highest BCUT2D eigenvalue weighted by atomic mass is 79.9. The van der Waals surface area contributed by atoms with Crippen molar-refractivity contribution in [1.29, 1.82) is 0 Å². The van der Waals surface area contributed by atoms with E-state index in [2.05, 4.69) is 54.4 Å². The maximum absolute atomic E-state index is 12.3. The number of anilines is 1. The van der Waals surface area contributed by atoms with Gasteiger partial charge in [0.2, 0.25) is 0 Å². The Labute approximate surface area is 144 Å². The van der Waals surface area contributed by atoms with E-state index >= 15 is 0 Å². The van der Waals surface area contributed by atoms with Gasteiger partial charge in [0.25, 0.3) is 5.91 Å². The van der Waals surface area contributed by atoms with Crippen LogP contribution in [-0.4, -0.2) is 17.4 Å². The second-order valence-corrected chi connectivity index (χ2v) is 7.22. The van der Waals surface area contributed by atoms with Crippen molar-refractivity contribution >= 4 is 54.9 Å². The minimum absolute atomic E-state index is 0.132. The number of nitrogens with one attached hydrogen (secondary N) is 2. The van der Waals surface area contributed by atoms with Crippen LogP contribution in [0.25, 0.3) is 0 Å². The summed E-state index contributed by atoms with van der Waals surface area (Å²) in [6, 6.07) is 3.78. The molecule has 0 unspecified atom stereocenters. The Morgan fingerprint density at radius 2 is 2.14 bits per heavy atom. The van der Waals surface area contributed by atoms with Gasteiger partial charge in [-0.15, -0.1) is 11.3 Å². The van der Waals surface area contributed by atoms with Crippen LogP contribution in [0.3, 0.4) is 0 Å². The standard InChI is InChI=1S/C14H15Br2N3OS/c1-2-3-17-13-12(5-9(15)6-18-13)14(20)19-7-11-4-10(16)8-21-11/h4-6,8H,2-3,7H2,1H3,(H,17,18)(H,19,20). The molecule has 0 radical (unpaired) electrons. The zero-order chi connectivity index (χ0) is 15.2. The molecular weight excluding hydrogens is 418 g/mol. The molecule has 0 aromatic carbocycles. The van der Waals surface area contributed by atoms with E-state index in [1.165, 1.54) is 0 Å². The van der Waals surface area contributed by atoms with E-state index in [1.807, 2.05) is 11.4 Å². The molecule has 0 saturated heterocycles. The molecule has 21 heavy (non-hydrogen) atoms. The van der Waals surface area contributed by atoms with Crippen LogP contribution >= 0.6 is 43.2 Å². The highest BCUT2D eigenvalue weighted by Crippen LogP contribution is 2.21. The number of rotatable bonds is 6. The number of halogens is 2. The Balaban J connectivity index is 2.08. The highest BCUT2D eigenvalue weighted by molar-refractivity contribution is 9.10. The van der Waals surface area contributed by atoms with E-state index in [9.17, 15) is 4.79 Å². The van der Waals surface area contributed by atoms with Crippen LogP contribution in [0.15, 0.2) is 32.7 Å². The van der Waals surface area contributed by atoms with E-state index in [1.54, 1.807) is 23.6 Å². The van der Waals surface area contributed by atoms with Gasteiger partial charge >= 0.3 is 0 Å². The monoisotopic (exact) mass is 431 g/mol. The number of hydrogen-bond acceptors (Lipinski definition) is 4. The van der Waals surface area contributed by atoms with E-state index in [4.69, 9.17) is 0 Å². The number of aromatic nitrogens is 1. The van der Waals surface area contributed by atoms with Crippen LogP contribution < -0.4 is 10.6 Å². The third kappa shape index (κ3) is 4.79. The van der Waals surface area contributed by atoms with Crippen molar-refractivity contribution in [2.75, 3.05) is 11.9 Å². The van der Waals surface area contributed by atoms with Crippen molar-refractivity contribution in [3.8, 4) is 0 Å². The molecule has 0 aliphatic rings. The summed E-state index contributed by atoms with van der Waals surface area (Å²) in [5.74, 6) is 0.483. The van der Waals surface area contributed by atoms with Gasteiger partial charge in [0.15, 0.2) is 0 Å². The van der Waals surface area contributed by atoms with Crippen molar-refractivity contribution in [1.82, 2.24) is 10.3 Å². The molecule has 112 valence electrons. The Hall–Kier alpha value is -0.920. The summed E-state index contributed by atoms with van der Waals surface area (Å²) in [5, 5.41) is 8.09. The third-order valence-electron chi connectivity index (χ3n) is 2.69. The Kier molecular flexibility index (Phi) is 6.20. The van der Waals surface area contributed by atoms with Gasteiger partial charge in [0.05, 0.1) is 12.1 Å². The Morgan fingerprint density at radius 3 is 2.81 bits per heavy atom. The third-order valence-corrected chi connectivity index (χ3v) is 4.82. The van der Waals surface area contributed by atoms with Gasteiger partial charge in [-0.2, -0.15) is 0 Å². The highest BCUT2D eigenvalue weighted by Gasteiger charge is 2.13. The number of carbonyl (C=O) groups is 1. The predicted octanol–water partition coefficient (Wildman–Crippen LogP) is 4.42. The molecule has 7 heteroatoms. The first kappa shape index (κ1) is 16.5. The van der Waals surface area contributed by atoms with E-state index in [-0.39, 0.29) is 5.91 Å². The lowest BCUT2D eigenvalue weighted by Gasteiger charge is -2.11. The molecule has 0 aliphatic carbocycles. The maximum Gasteiger partial charge on any atom is 0.255 e. The zero-order valence-electron chi connectivity index (χ0n) is 11.5. The van der Waals surface area contributed by atoms with Gasteiger partial charge in [-0.25, -0.2) is 4.98 Å². The average molecular weight is 433 g/mol. The smallest absolute Gasteiger partial charge is 0.255 e. The molecule has 0 aliphatic heterocycles. The van der Waals surface area contributed by atoms with Crippen molar-refractivity contribution in [2.45, 2.75) is 19.9 Å². The maximum atomic E-state index is 12.3. The largest absolute Gasteiger partial charge is 0.369 e. The summed E-state index contributed by atoms with van der Waals surface area (Å²) in [4.78, 5) is 17.7. The quantitative estimate of drug-likeness (QED) is 0.710. The number of carbonyl (C=O) groups excluding carboxylic acids is 1. The van der Waals surface area contributed by atoms with Crippen molar-refractivity contribution in [3.63, 3.8) is 0 Å². The van der Waals surface area contributed by atoms with Gasteiger partial charge in [0, 0.05) is 31.9 Å². The van der Waals surface area contributed by atoms with E-state index < -0.39 is 0 Å². The first-order chi connectivity index (χ1) is 10.1. The molecule has 2 N–H and O–H groups in total. The molecular formula is C14H15Br2N3OS. The molecule has 2 rings (SSSR count). The second-order valence-electron chi connectivity index (χ2n) is 4.39. The minimum Gasteiger partial charge on any atom is -0.369 e. The van der Waals surface area contributed by atoms with Crippen LogP contribution in [0.1, 0.15) is 28.6 Å². The van der Waals surface area contributed by atoms with E-state index in [0.29, 0.717) is 17.9 Å². The normalized spacial score (nSPS) is 10.4. The molecule has 2 heterocycles. The van der Waals surface area contributed by atoms with Crippen LogP contribution in [0.2, 0.25) is 0 Å². The fraction of sp³-hybridized carbons (Fsp3) is 0.286. The van der Waals surface area contributed by atoms with Gasteiger partial charge in [-0.3, -0.25) is 4.79 Å². The number of amides is 1. The Morgan fingerprint density at radius 1 is 1.33 bits per heavy atom. The second kappa shape index (κ2) is 7.91. The topological polar surface area (TPSA) is 54.0 Å². The average Bonchev–Trinajstić information content (AvgIpc) is 2.89. The number of pyridine rings is 1. The molecule has 0 spiro atoms. The van der Waals surface area contributed by atoms with Gasteiger partial charge in [-0.1, -0.05) is 6.92 Å². The van der Waals surface area contributed by atoms with Crippen LogP contribution in [0, 0.1) is 0 Å². The van der Waals surface area contributed by atoms with Crippen LogP contribution in [0.5, 0.6) is 0 Å². The molecule has 1 amide bonds. The van der Waals surface area contributed by atoms with E-state index in [0.717, 1.165) is 26.8 Å². The predicted molar refractivity (Wildman–Crippen MR) is 93.9 cm³/mol. The zero-order valence-corrected chi connectivity index (χ0v) is 15.4. The summed E-state index contributed by atoms with van der Waals surface area (Å²) in [6.45, 7) is 3.36. The van der Waals surface area contributed by atoms with Gasteiger partial charge in [-0.05, 0) is 50.4 Å². The van der Waals surface area contributed by atoms with Crippen molar-refractivity contribution in [3.05, 3.63) is 43.1 Å². The van der Waals surface area contributed by atoms with Crippen LogP contribution in [-0.2, 0) is 6.54 Å². The molecule has 4 nitrogen and oxygen atoms in total. The SMILES string of the molecule is CCCNc1ncc(Br)cc1C(=O)NCc1cc(Br)cs1. The summed E-state index contributed by atoms with van der Waals surface area (Å²) < 4.78 is 1.82. The Bertz CT molecular complexity index is 630. The molecule has 2 aromatic rings. The lowest BCUT2D eigenvalue weighted by Crippen LogP contribution is -2.24. The van der Waals surface area contributed by atoms with Crippen molar-refractivity contribution < 1.29 is 4.79 Å². The number of hydrogen-bond donors (Lipinski definition) is 2. The van der Waals surface area contributed by atoms with Gasteiger partial charge in [0.1, 0.15) is 5.82 Å². The lowest BCUT2D eigenvalue weighted by atomic mass is 10.2. The molecule has 0 fully saturated rings. The molecule has 2 aromatic heterocycles. The molecule has 0 saturated carbocycles. The molecule has 0 bridgehead atoms. The van der Waals surface area contributed by atoms with Gasteiger partial charge < -0.3 is 10.6 Å². The molecule has 0 atom stereocenters. The lowest BCUT2D eigenvalue weighted by molar-refractivity contribution is 0.0951. The summed E-state index contributed by atoms with van der Waals surface area (Å²) >= 11 is 8.37. The summed E-state index contributed by atoms with van der Waals surface area (Å²) in [7, 11) is 0. The van der Waals surface area contributed by atoms with Crippen LogP contribution in [0.4, 0.5) is 5.82 Å². The first-order valence-electron chi connectivity index (χ1n) is 6.50. The fourth-order valence-corrected chi connectivity index (χ4v) is 3.43. The first-order valence-corrected chi connectivity index (χ1v) is 8.97.